The van der Waals surface area contributed by atoms with Gasteiger partial charge in [0.1, 0.15) is 0 Å². The van der Waals surface area contributed by atoms with Gasteiger partial charge in [-0.05, 0) is 37.1 Å². The van der Waals surface area contributed by atoms with Crippen LogP contribution in [0.4, 0.5) is 11.4 Å². The van der Waals surface area contributed by atoms with Gasteiger partial charge in [0.25, 0.3) is 0 Å². The SMILES string of the molecule is Clc1cccc(Cl)c1N[C@@H]1CCCC[C@H]1Nc1c(Cl)cccc1Cl. The molecule has 0 aromatic heterocycles. The van der Waals surface area contributed by atoms with E-state index in [9.17, 15) is 0 Å². The second kappa shape index (κ2) is 8.05. The molecule has 3 rings (SSSR count). The monoisotopic (exact) mass is 402 g/mol. The summed E-state index contributed by atoms with van der Waals surface area (Å²) < 4.78 is 0. The van der Waals surface area contributed by atoms with Crippen molar-refractivity contribution in [3.63, 3.8) is 0 Å². The van der Waals surface area contributed by atoms with Gasteiger partial charge in [0.15, 0.2) is 0 Å². The van der Waals surface area contributed by atoms with Gasteiger partial charge in [0.2, 0.25) is 0 Å². The molecule has 0 bridgehead atoms. The largest absolute Gasteiger partial charge is 0.378 e. The molecule has 2 nitrogen and oxygen atoms in total. The maximum absolute atomic E-state index is 6.30. The highest BCUT2D eigenvalue weighted by Crippen LogP contribution is 2.36. The molecular formula is C18H18Cl4N2. The Kier molecular flexibility index (Phi) is 6.04. The summed E-state index contributed by atoms with van der Waals surface area (Å²) in [5.41, 5.74) is 1.56. The first-order valence-corrected chi connectivity index (χ1v) is 9.48. The van der Waals surface area contributed by atoms with Crippen molar-refractivity contribution in [3.05, 3.63) is 56.5 Å². The summed E-state index contributed by atoms with van der Waals surface area (Å²) in [6.45, 7) is 0. The lowest BCUT2D eigenvalue weighted by molar-refractivity contribution is 0.424. The van der Waals surface area contributed by atoms with Crippen molar-refractivity contribution in [1.82, 2.24) is 0 Å². The third-order valence-electron chi connectivity index (χ3n) is 4.35. The van der Waals surface area contributed by atoms with Crippen LogP contribution in [0, 0.1) is 0 Å². The molecule has 0 heterocycles. The van der Waals surface area contributed by atoms with Crippen molar-refractivity contribution in [2.45, 2.75) is 37.8 Å². The van der Waals surface area contributed by atoms with Crippen molar-refractivity contribution in [3.8, 4) is 0 Å². The Labute approximate surface area is 162 Å². The Hall–Kier alpha value is -0.800. The van der Waals surface area contributed by atoms with E-state index in [0.717, 1.165) is 37.1 Å². The Morgan fingerprint density at radius 3 is 1.29 bits per heavy atom. The third kappa shape index (κ3) is 4.05. The van der Waals surface area contributed by atoms with Crippen LogP contribution in [0.5, 0.6) is 0 Å². The van der Waals surface area contributed by atoms with Gasteiger partial charge in [-0.1, -0.05) is 71.4 Å². The van der Waals surface area contributed by atoms with E-state index in [4.69, 9.17) is 46.4 Å². The minimum absolute atomic E-state index is 0.198. The summed E-state index contributed by atoms with van der Waals surface area (Å²) in [6, 6.07) is 11.4. The smallest absolute Gasteiger partial charge is 0.0721 e. The van der Waals surface area contributed by atoms with Gasteiger partial charge in [0, 0.05) is 12.1 Å². The topological polar surface area (TPSA) is 24.1 Å². The maximum atomic E-state index is 6.30. The molecule has 128 valence electrons. The number of para-hydroxylation sites is 2. The first kappa shape index (κ1) is 18.0. The minimum atomic E-state index is 0.198. The van der Waals surface area contributed by atoms with E-state index in [0.29, 0.717) is 20.1 Å². The third-order valence-corrected chi connectivity index (χ3v) is 5.61. The Bertz CT molecular complexity index is 618. The van der Waals surface area contributed by atoms with Crippen LogP contribution in [0.15, 0.2) is 36.4 Å². The van der Waals surface area contributed by atoms with E-state index < -0.39 is 0 Å². The Balaban J connectivity index is 1.81. The zero-order valence-corrected chi connectivity index (χ0v) is 16.0. The van der Waals surface area contributed by atoms with Gasteiger partial charge in [-0.25, -0.2) is 0 Å². The summed E-state index contributed by atoms with van der Waals surface area (Å²) in [5.74, 6) is 0. The van der Waals surface area contributed by atoms with Crippen LogP contribution in [-0.4, -0.2) is 12.1 Å². The van der Waals surface area contributed by atoms with Crippen molar-refractivity contribution in [1.29, 1.82) is 0 Å². The quantitative estimate of drug-likeness (QED) is 0.566. The molecule has 1 aliphatic carbocycles. The summed E-state index contributed by atoms with van der Waals surface area (Å²) >= 11 is 25.2. The van der Waals surface area contributed by atoms with Crippen molar-refractivity contribution in [2.24, 2.45) is 0 Å². The van der Waals surface area contributed by atoms with Gasteiger partial charge in [0.05, 0.1) is 31.5 Å². The summed E-state index contributed by atoms with van der Waals surface area (Å²) in [5, 5.41) is 9.54. The summed E-state index contributed by atoms with van der Waals surface area (Å²) in [4.78, 5) is 0. The van der Waals surface area contributed by atoms with Crippen LogP contribution < -0.4 is 10.6 Å². The molecular weight excluding hydrogens is 386 g/mol. The average Bonchev–Trinajstić information content (AvgIpc) is 2.56. The van der Waals surface area contributed by atoms with Gasteiger partial charge >= 0.3 is 0 Å². The number of anilines is 2. The molecule has 0 amide bonds. The number of halogens is 4. The second-order valence-electron chi connectivity index (χ2n) is 5.98. The molecule has 2 N–H and O–H groups in total. The Morgan fingerprint density at radius 1 is 0.625 bits per heavy atom. The lowest BCUT2D eigenvalue weighted by atomic mass is 9.89. The standard InChI is InChI=1S/C18H18Cl4N2/c19-11-5-3-6-12(20)17(11)23-15-9-1-2-10-16(15)24-18-13(21)7-4-8-14(18)22/h3-8,15-16,23-24H,1-2,9-10H2/t15-,16-/m1/s1. The molecule has 0 aliphatic heterocycles. The van der Waals surface area contributed by atoms with E-state index >= 15 is 0 Å². The number of hydrogen-bond donors (Lipinski definition) is 2. The predicted molar refractivity (Wildman–Crippen MR) is 106 cm³/mol. The average molecular weight is 404 g/mol. The zero-order valence-electron chi connectivity index (χ0n) is 13.0. The lowest BCUT2D eigenvalue weighted by Crippen LogP contribution is -2.42. The van der Waals surface area contributed by atoms with Gasteiger partial charge in [-0.2, -0.15) is 0 Å². The highest BCUT2D eigenvalue weighted by molar-refractivity contribution is 6.39. The molecule has 6 heteroatoms. The zero-order chi connectivity index (χ0) is 17.1. The minimum Gasteiger partial charge on any atom is -0.378 e. The van der Waals surface area contributed by atoms with Crippen molar-refractivity contribution in [2.75, 3.05) is 10.6 Å². The molecule has 24 heavy (non-hydrogen) atoms. The number of nitrogens with one attached hydrogen (secondary N) is 2. The second-order valence-corrected chi connectivity index (χ2v) is 7.61. The fraction of sp³-hybridized carbons (Fsp3) is 0.333. The molecule has 1 saturated carbocycles. The van der Waals surface area contributed by atoms with E-state index in [2.05, 4.69) is 10.6 Å². The van der Waals surface area contributed by atoms with Crippen LogP contribution in [0.3, 0.4) is 0 Å². The van der Waals surface area contributed by atoms with Crippen molar-refractivity contribution >= 4 is 57.8 Å². The normalized spacial score (nSPS) is 20.7. The summed E-state index contributed by atoms with van der Waals surface area (Å²) in [6.07, 6.45) is 4.38. The van der Waals surface area contributed by atoms with Crippen LogP contribution in [0.25, 0.3) is 0 Å². The molecule has 1 aliphatic rings. The predicted octanol–water partition coefficient (Wildman–Crippen LogP) is 7.14. The first-order valence-electron chi connectivity index (χ1n) is 7.97. The molecule has 0 spiro atoms. The molecule has 2 aromatic carbocycles. The Morgan fingerprint density at radius 2 is 0.958 bits per heavy atom. The molecule has 2 atom stereocenters. The first-order chi connectivity index (χ1) is 11.6. The molecule has 0 unspecified atom stereocenters. The van der Waals surface area contributed by atoms with E-state index in [-0.39, 0.29) is 12.1 Å². The van der Waals surface area contributed by atoms with E-state index in [1.54, 1.807) is 0 Å². The van der Waals surface area contributed by atoms with Crippen LogP contribution >= 0.6 is 46.4 Å². The van der Waals surface area contributed by atoms with Crippen LogP contribution in [0.2, 0.25) is 20.1 Å². The number of hydrogen-bond acceptors (Lipinski definition) is 2. The maximum Gasteiger partial charge on any atom is 0.0721 e. The van der Waals surface area contributed by atoms with Crippen LogP contribution in [0.1, 0.15) is 25.7 Å². The number of rotatable bonds is 4. The molecule has 1 fully saturated rings. The van der Waals surface area contributed by atoms with Crippen molar-refractivity contribution < 1.29 is 0 Å². The van der Waals surface area contributed by atoms with E-state index in [1.165, 1.54) is 0 Å². The highest BCUT2D eigenvalue weighted by Gasteiger charge is 2.27. The lowest BCUT2D eigenvalue weighted by Gasteiger charge is -2.35. The molecule has 0 saturated heterocycles. The fourth-order valence-corrected chi connectivity index (χ4v) is 4.13. The molecule has 2 aromatic rings. The molecule has 0 radical (unpaired) electrons. The van der Waals surface area contributed by atoms with Gasteiger partial charge in [-0.3, -0.25) is 0 Å². The van der Waals surface area contributed by atoms with Gasteiger partial charge in [-0.15, -0.1) is 0 Å². The van der Waals surface area contributed by atoms with E-state index in [1.807, 2.05) is 36.4 Å². The highest BCUT2D eigenvalue weighted by atomic mass is 35.5. The fourth-order valence-electron chi connectivity index (χ4n) is 3.12. The van der Waals surface area contributed by atoms with Gasteiger partial charge < -0.3 is 10.6 Å². The van der Waals surface area contributed by atoms with Crippen LogP contribution in [-0.2, 0) is 0 Å². The number of benzene rings is 2. The summed E-state index contributed by atoms with van der Waals surface area (Å²) in [7, 11) is 0.